The summed E-state index contributed by atoms with van der Waals surface area (Å²) in [6.07, 6.45) is 4.75. The zero-order valence-electron chi connectivity index (χ0n) is 14.7. The molecule has 1 amide bonds. The van der Waals surface area contributed by atoms with Gasteiger partial charge in [0, 0.05) is 12.6 Å². The Kier molecular flexibility index (Phi) is 5.03. The van der Waals surface area contributed by atoms with E-state index in [9.17, 15) is 4.79 Å². The van der Waals surface area contributed by atoms with Crippen molar-refractivity contribution < 1.29 is 9.53 Å². The number of hydrogen-bond acceptors (Lipinski definition) is 4. The minimum absolute atomic E-state index is 0.246. The molecular formula is C17H31N3O2. The molecule has 1 unspecified atom stereocenters. The van der Waals surface area contributed by atoms with E-state index in [1.165, 1.54) is 25.7 Å². The fourth-order valence-electron chi connectivity index (χ4n) is 3.15. The average Bonchev–Trinajstić information content (AvgIpc) is 2.39. The number of carbonyl (C=O) groups excluding carboxylic acids is 1. The number of carbonyl (C=O) groups is 1. The van der Waals surface area contributed by atoms with Gasteiger partial charge in [0.05, 0.1) is 13.1 Å². The third-order valence-corrected chi connectivity index (χ3v) is 4.51. The molecule has 5 heteroatoms. The monoisotopic (exact) mass is 309 g/mol. The van der Waals surface area contributed by atoms with Crippen LogP contribution in [0.4, 0.5) is 4.79 Å². The third kappa shape index (κ3) is 4.62. The Morgan fingerprint density at radius 3 is 2.73 bits per heavy atom. The molecule has 0 aromatic carbocycles. The molecule has 22 heavy (non-hydrogen) atoms. The third-order valence-electron chi connectivity index (χ3n) is 4.51. The molecule has 0 bridgehead atoms. The van der Waals surface area contributed by atoms with E-state index in [1.807, 2.05) is 20.8 Å². The van der Waals surface area contributed by atoms with Crippen molar-refractivity contribution in [2.24, 2.45) is 10.4 Å². The first-order valence-corrected chi connectivity index (χ1v) is 8.45. The highest BCUT2D eigenvalue weighted by atomic mass is 16.6. The Morgan fingerprint density at radius 1 is 1.36 bits per heavy atom. The number of rotatable bonds is 1. The van der Waals surface area contributed by atoms with Crippen LogP contribution < -0.4 is 5.32 Å². The average molecular weight is 309 g/mol. The quantitative estimate of drug-likeness (QED) is 0.809. The van der Waals surface area contributed by atoms with Crippen molar-refractivity contribution in [1.29, 1.82) is 0 Å². The summed E-state index contributed by atoms with van der Waals surface area (Å²) in [6.45, 7) is 12.1. The zero-order valence-corrected chi connectivity index (χ0v) is 14.7. The van der Waals surface area contributed by atoms with Crippen molar-refractivity contribution in [2.75, 3.05) is 19.6 Å². The fourth-order valence-corrected chi connectivity index (χ4v) is 3.15. The lowest BCUT2D eigenvalue weighted by Crippen LogP contribution is -2.53. The maximum absolute atomic E-state index is 12.2. The van der Waals surface area contributed by atoms with Crippen molar-refractivity contribution in [3.63, 3.8) is 0 Å². The maximum atomic E-state index is 12.2. The molecule has 1 aliphatic heterocycles. The smallest absolute Gasteiger partial charge is 0.410 e. The molecule has 0 aromatic rings. The van der Waals surface area contributed by atoms with Crippen LogP contribution in [0.2, 0.25) is 0 Å². The Bertz CT molecular complexity index is 438. The van der Waals surface area contributed by atoms with Crippen LogP contribution >= 0.6 is 0 Å². The van der Waals surface area contributed by atoms with E-state index < -0.39 is 5.60 Å². The molecule has 1 fully saturated rings. The van der Waals surface area contributed by atoms with Gasteiger partial charge in [-0.05, 0) is 39.0 Å². The summed E-state index contributed by atoms with van der Waals surface area (Å²) in [6, 6.07) is 0.443. The lowest BCUT2D eigenvalue weighted by Gasteiger charge is -2.41. The molecule has 1 aliphatic carbocycles. The van der Waals surface area contributed by atoms with Gasteiger partial charge in [-0.1, -0.05) is 26.7 Å². The van der Waals surface area contributed by atoms with Crippen molar-refractivity contribution in [2.45, 2.75) is 71.9 Å². The summed E-state index contributed by atoms with van der Waals surface area (Å²) in [5.41, 5.74) is -0.167. The van der Waals surface area contributed by atoms with Gasteiger partial charge < -0.3 is 10.1 Å². The highest BCUT2D eigenvalue weighted by Crippen LogP contribution is 2.35. The molecule has 1 heterocycles. The second-order valence-electron chi connectivity index (χ2n) is 8.16. The van der Waals surface area contributed by atoms with Crippen LogP contribution in [0.15, 0.2) is 4.99 Å². The summed E-state index contributed by atoms with van der Waals surface area (Å²) in [5.74, 6) is 0.928. The van der Waals surface area contributed by atoms with E-state index in [0.29, 0.717) is 25.7 Å². The van der Waals surface area contributed by atoms with Crippen molar-refractivity contribution in [3.05, 3.63) is 0 Å². The molecule has 0 saturated heterocycles. The van der Waals surface area contributed by atoms with Gasteiger partial charge >= 0.3 is 6.09 Å². The lowest BCUT2D eigenvalue weighted by molar-refractivity contribution is 0.0275. The van der Waals surface area contributed by atoms with E-state index >= 15 is 0 Å². The van der Waals surface area contributed by atoms with Gasteiger partial charge in [-0.25, -0.2) is 4.79 Å². The van der Waals surface area contributed by atoms with Crippen LogP contribution in [0, 0.1) is 5.41 Å². The molecule has 1 N–H and O–H groups in total. The van der Waals surface area contributed by atoms with Gasteiger partial charge in [-0.2, -0.15) is 0 Å². The SMILES string of the molecule is CC(C)(C)OC(=O)N1CCN=C(NC2CCCCC2(C)C)C1. The number of amidine groups is 1. The summed E-state index contributed by atoms with van der Waals surface area (Å²) >= 11 is 0. The summed E-state index contributed by atoms with van der Waals surface area (Å²) < 4.78 is 5.46. The fraction of sp³-hybridized carbons (Fsp3) is 0.882. The largest absolute Gasteiger partial charge is 0.444 e. The van der Waals surface area contributed by atoms with E-state index in [1.54, 1.807) is 4.90 Å². The van der Waals surface area contributed by atoms with E-state index in [4.69, 9.17) is 4.74 Å². The Balaban J connectivity index is 1.93. The number of ether oxygens (including phenoxy) is 1. The Labute approximate surface area is 134 Å². The molecule has 0 spiro atoms. The topological polar surface area (TPSA) is 53.9 Å². The van der Waals surface area contributed by atoms with Gasteiger partial charge in [0.25, 0.3) is 0 Å². The Morgan fingerprint density at radius 2 is 2.09 bits per heavy atom. The van der Waals surface area contributed by atoms with Crippen LogP contribution in [0.5, 0.6) is 0 Å². The van der Waals surface area contributed by atoms with E-state index in [0.717, 1.165) is 5.84 Å². The minimum Gasteiger partial charge on any atom is -0.444 e. The molecule has 1 saturated carbocycles. The number of hydrogen-bond donors (Lipinski definition) is 1. The molecule has 5 nitrogen and oxygen atoms in total. The van der Waals surface area contributed by atoms with Crippen molar-refractivity contribution in [3.8, 4) is 0 Å². The van der Waals surface area contributed by atoms with Gasteiger partial charge in [0.1, 0.15) is 11.4 Å². The second kappa shape index (κ2) is 6.47. The van der Waals surface area contributed by atoms with Crippen LogP contribution in [0.3, 0.4) is 0 Å². The summed E-state index contributed by atoms with van der Waals surface area (Å²) in [7, 11) is 0. The van der Waals surface area contributed by atoms with Gasteiger partial charge in [0.2, 0.25) is 0 Å². The van der Waals surface area contributed by atoms with E-state index in [2.05, 4.69) is 24.2 Å². The first-order valence-electron chi connectivity index (χ1n) is 8.45. The normalized spacial score (nSPS) is 25.4. The van der Waals surface area contributed by atoms with Crippen LogP contribution in [0.1, 0.15) is 60.3 Å². The number of nitrogens with zero attached hydrogens (tertiary/aromatic N) is 2. The van der Waals surface area contributed by atoms with Gasteiger partial charge in [-0.15, -0.1) is 0 Å². The molecule has 0 radical (unpaired) electrons. The standard InChI is InChI=1S/C17H31N3O2/c1-16(2,3)22-15(21)20-11-10-18-14(12-20)19-13-8-6-7-9-17(13,4)5/h13H,6-12H2,1-5H3,(H,18,19). The van der Waals surface area contributed by atoms with Gasteiger partial charge in [0.15, 0.2) is 0 Å². The van der Waals surface area contributed by atoms with Crippen LogP contribution in [0.25, 0.3) is 0 Å². The number of nitrogens with one attached hydrogen (secondary N) is 1. The first-order chi connectivity index (χ1) is 10.2. The highest BCUT2D eigenvalue weighted by Gasteiger charge is 2.34. The van der Waals surface area contributed by atoms with Crippen LogP contribution in [-0.2, 0) is 4.74 Å². The Hall–Kier alpha value is -1.26. The van der Waals surface area contributed by atoms with E-state index in [-0.39, 0.29) is 11.5 Å². The lowest BCUT2D eigenvalue weighted by atomic mass is 9.73. The molecule has 1 atom stereocenters. The van der Waals surface area contributed by atoms with Crippen LogP contribution in [-0.4, -0.2) is 48.1 Å². The van der Waals surface area contributed by atoms with Gasteiger partial charge in [-0.3, -0.25) is 9.89 Å². The molecule has 2 aliphatic rings. The minimum atomic E-state index is -0.454. The predicted molar refractivity (Wildman–Crippen MR) is 89.3 cm³/mol. The molecule has 0 aromatic heterocycles. The molecule has 126 valence electrons. The van der Waals surface area contributed by atoms with Crippen molar-refractivity contribution >= 4 is 11.9 Å². The zero-order chi connectivity index (χ0) is 16.4. The number of amides is 1. The molecule has 2 rings (SSSR count). The number of aliphatic imine (C=N–C) groups is 1. The summed E-state index contributed by atoms with van der Waals surface area (Å²) in [4.78, 5) is 18.5. The van der Waals surface area contributed by atoms with Crippen molar-refractivity contribution in [1.82, 2.24) is 10.2 Å². The highest BCUT2D eigenvalue weighted by molar-refractivity contribution is 5.88. The first kappa shape index (κ1) is 17.1. The summed E-state index contributed by atoms with van der Waals surface area (Å²) in [5, 5.41) is 3.60. The molecular weight excluding hydrogens is 278 g/mol. The maximum Gasteiger partial charge on any atom is 0.410 e. The second-order valence-corrected chi connectivity index (χ2v) is 8.16. The predicted octanol–water partition coefficient (Wildman–Crippen LogP) is 3.19.